The molecule has 0 fully saturated rings. The van der Waals surface area contributed by atoms with Gasteiger partial charge >= 0.3 is 0 Å². The first-order valence-corrected chi connectivity index (χ1v) is 12.0. The van der Waals surface area contributed by atoms with Crippen molar-refractivity contribution >= 4 is 56.5 Å². The minimum atomic E-state index is -0.221. The van der Waals surface area contributed by atoms with Gasteiger partial charge in [-0.1, -0.05) is 37.2 Å². The molecule has 31 heavy (non-hydrogen) atoms. The van der Waals surface area contributed by atoms with E-state index in [0.29, 0.717) is 33.3 Å². The van der Waals surface area contributed by atoms with Crippen molar-refractivity contribution in [3.05, 3.63) is 45.1 Å². The first kappa shape index (κ1) is 21.6. The lowest BCUT2D eigenvalue weighted by molar-refractivity contribution is -0.120. The van der Waals surface area contributed by atoms with Crippen LogP contribution >= 0.6 is 23.1 Å². The Morgan fingerprint density at radius 2 is 2.03 bits per heavy atom. The van der Waals surface area contributed by atoms with Crippen LogP contribution in [0.25, 0.3) is 10.2 Å². The highest BCUT2D eigenvalue weighted by atomic mass is 32.2. The molecule has 1 aliphatic rings. The number of para-hydroxylation sites is 2. The van der Waals surface area contributed by atoms with Crippen molar-refractivity contribution < 1.29 is 9.59 Å². The van der Waals surface area contributed by atoms with E-state index in [2.05, 4.69) is 12.2 Å². The molecular weight excluding hydrogens is 432 g/mol. The standard InChI is InChI=1S/C22H24N4O3S2/c1-4-5-10-25-21(29)19-13(2)14(3)31-20(19)24-22(25)30-12-18(28)26-11-17(27)23-15-8-6-7-9-16(15)26/h6-9H,4-5,10-12H2,1-3H3,(H,23,27). The second-order valence-corrected chi connectivity index (χ2v) is 9.65. The summed E-state index contributed by atoms with van der Waals surface area (Å²) < 4.78 is 1.69. The lowest BCUT2D eigenvalue weighted by Gasteiger charge is -2.29. The molecule has 9 heteroatoms. The number of thiophene rings is 1. The smallest absolute Gasteiger partial charge is 0.263 e. The zero-order valence-corrected chi connectivity index (χ0v) is 19.4. The van der Waals surface area contributed by atoms with E-state index in [9.17, 15) is 14.4 Å². The number of nitrogens with zero attached hydrogens (tertiary/aromatic N) is 3. The second kappa shape index (κ2) is 8.84. The van der Waals surface area contributed by atoms with Crippen LogP contribution < -0.4 is 15.8 Å². The van der Waals surface area contributed by atoms with Crippen LogP contribution in [0.5, 0.6) is 0 Å². The maximum Gasteiger partial charge on any atom is 0.263 e. The van der Waals surface area contributed by atoms with Crippen molar-refractivity contribution in [3.8, 4) is 0 Å². The minimum absolute atomic E-state index is 0.0190. The molecule has 0 bridgehead atoms. The highest BCUT2D eigenvalue weighted by molar-refractivity contribution is 7.99. The summed E-state index contributed by atoms with van der Waals surface area (Å²) in [5, 5.41) is 4.02. The van der Waals surface area contributed by atoms with Crippen molar-refractivity contribution in [2.24, 2.45) is 0 Å². The highest BCUT2D eigenvalue weighted by Crippen LogP contribution is 2.31. The van der Waals surface area contributed by atoms with E-state index < -0.39 is 0 Å². The van der Waals surface area contributed by atoms with E-state index in [-0.39, 0.29) is 29.7 Å². The number of rotatable bonds is 6. The SMILES string of the molecule is CCCCn1c(SCC(=O)N2CC(=O)Nc3ccccc32)nc2sc(C)c(C)c2c1=O. The highest BCUT2D eigenvalue weighted by Gasteiger charge is 2.27. The van der Waals surface area contributed by atoms with Crippen LogP contribution in [0, 0.1) is 13.8 Å². The van der Waals surface area contributed by atoms with Crippen LogP contribution in [0.1, 0.15) is 30.2 Å². The van der Waals surface area contributed by atoms with Gasteiger partial charge in [0.05, 0.1) is 22.5 Å². The number of aryl methyl sites for hydroxylation is 2. The average molecular weight is 457 g/mol. The summed E-state index contributed by atoms with van der Waals surface area (Å²) in [6.45, 7) is 6.57. The molecule has 162 valence electrons. The summed E-state index contributed by atoms with van der Waals surface area (Å²) >= 11 is 2.76. The van der Waals surface area contributed by atoms with E-state index >= 15 is 0 Å². The number of thioether (sulfide) groups is 1. The summed E-state index contributed by atoms with van der Waals surface area (Å²) in [5.41, 5.74) is 2.24. The van der Waals surface area contributed by atoms with Crippen molar-refractivity contribution in [2.75, 3.05) is 22.5 Å². The Morgan fingerprint density at radius 3 is 2.81 bits per heavy atom. The van der Waals surface area contributed by atoms with E-state index in [0.717, 1.165) is 23.3 Å². The molecule has 0 unspecified atom stereocenters. The third-order valence-electron chi connectivity index (χ3n) is 5.39. The van der Waals surface area contributed by atoms with Gasteiger partial charge in [-0.2, -0.15) is 0 Å². The third-order valence-corrected chi connectivity index (χ3v) is 7.45. The number of aromatic nitrogens is 2. The van der Waals surface area contributed by atoms with Gasteiger partial charge in [-0.05, 0) is 38.0 Å². The zero-order chi connectivity index (χ0) is 22.1. The molecule has 0 spiro atoms. The zero-order valence-electron chi connectivity index (χ0n) is 17.7. The van der Waals surface area contributed by atoms with Crippen molar-refractivity contribution in [3.63, 3.8) is 0 Å². The van der Waals surface area contributed by atoms with Gasteiger partial charge in [0.15, 0.2) is 5.16 Å². The van der Waals surface area contributed by atoms with E-state index in [1.54, 1.807) is 10.6 Å². The number of carbonyl (C=O) groups is 2. The number of nitrogens with one attached hydrogen (secondary N) is 1. The number of benzene rings is 1. The molecule has 4 rings (SSSR count). The number of unbranched alkanes of at least 4 members (excludes halogenated alkanes) is 1. The molecule has 0 saturated carbocycles. The summed E-state index contributed by atoms with van der Waals surface area (Å²) in [6.07, 6.45) is 1.81. The first-order valence-electron chi connectivity index (χ1n) is 10.2. The third kappa shape index (κ3) is 4.12. The monoisotopic (exact) mass is 456 g/mol. The summed E-state index contributed by atoms with van der Waals surface area (Å²) in [6, 6.07) is 7.25. The fourth-order valence-electron chi connectivity index (χ4n) is 3.59. The molecule has 0 saturated heterocycles. The Morgan fingerprint density at radius 1 is 1.26 bits per heavy atom. The van der Waals surface area contributed by atoms with Crippen LogP contribution in [-0.4, -0.2) is 33.7 Å². The predicted molar refractivity (Wildman–Crippen MR) is 126 cm³/mol. The van der Waals surface area contributed by atoms with Crippen LogP contribution in [-0.2, 0) is 16.1 Å². The van der Waals surface area contributed by atoms with Gasteiger partial charge < -0.3 is 10.2 Å². The van der Waals surface area contributed by atoms with Gasteiger partial charge in [0.25, 0.3) is 5.56 Å². The quantitative estimate of drug-likeness (QED) is 0.448. The molecule has 0 aliphatic carbocycles. The number of fused-ring (bicyclic) bond motifs is 2. The predicted octanol–water partition coefficient (Wildman–Crippen LogP) is 3.95. The maximum atomic E-state index is 13.2. The van der Waals surface area contributed by atoms with E-state index in [1.165, 1.54) is 28.0 Å². The molecule has 1 aliphatic heterocycles. The van der Waals surface area contributed by atoms with E-state index in [1.807, 2.05) is 32.0 Å². The molecule has 0 atom stereocenters. The van der Waals surface area contributed by atoms with Crippen molar-refractivity contribution in [2.45, 2.75) is 45.3 Å². The van der Waals surface area contributed by atoms with Gasteiger partial charge in [0, 0.05) is 11.4 Å². The number of carbonyl (C=O) groups excluding carboxylic acids is 2. The Hall–Kier alpha value is -2.65. The Balaban J connectivity index is 1.63. The summed E-state index contributed by atoms with van der Waals surface area (Å²) in [7, 11) is 0. The van der Waals surface area contributed by atoms with Crippen LogP contribution in [0.2, 0.25) is 0 Å². The topological polar surface area (TPSA) is 84.3 Å². The number of hydrogen-bond acceptors (Lipinski definition) is 6. The average Bonchev–Trinajstić information content (AvgIpc) is 3.04. The normalized spacial score (nSPS) is 13.4. The number of hydrogen-bond donors (Lipinski definition) is 1. The van der Waals surface area contributed by atoms with Gasteiger partial charge in [0.2, 0.25) is 11.8 Å². The Kier molecular flexibility index (Phi) is 6.15. The van der Waals surface area contributed by atoms with Gasteiger partial charge in [-0.3, -0.25) is 19.0 Å². The molecule has 3 aromatic rings. The molecule has 1 aromatic carbocycles. The fraction of sp³-hybridized carbons (Fsp3) is 0.364. The number of anilines is 2. The number of amides is 2. The van der Waals surface area contributed by atoms with Gasteiger partial charge in [0.1, 0.15) is 11.4 Å². The summed E-state index contributed by atoms with van der Waals surface area (Å²) in [4.78, 5) is 46.3. The van der Waals surface area contributed by atoms with Crippen LogP contribution in [0.15, 0.2) is 34.2 Å². The lowest BCUT2D eigenvalue weighted by Crippen LogP contribution is -2.43. The fourth-order valence-corrected chi connectivity index (χ4v) is 5.56. The van der Waals surface area contributed by atoms with Crippen molar-refractivity contribution in [1.29, 1.82) is 0 Å². The molecule has 7 nitrogen and oxygen atoms in total. The summed E-state index contributed by atoms with van der Waals surface area (Å²) in [5.74, 6) is -0.321. The molecule has 1 N–H and O–H groups in total. The Bertz CT molecular complexity index is 1230. The minimum Gasteiger partial charge on any atom is -0.323 e. The second-order valence-electron chi connectivity index (χ2n) is 7.50. The van der Waals surface area contributed by atoms with Crippen LogP contribution in [0.3, 0.4) is 0 Å². The van der Waals surface area contributed by atoms with Gasteiger partial charge in [-0.15, -0.1) is 11.3 Å². The molecular formula is C22H24N4O3S2. The van der Waals surface area contributed by atoms with E-state index in [4.69, 9.17) is 4.98 Å². The van der Waals surface area contributed by atoms with Gasteiger partial charge in [-0.25, -0.2) is 4.98 Å². The first-order chi connectivity index (χ1) is 14.9. The lowest BCUT2D eigenvalue weighted by atomic mass is 10.2. The molecule has 2 aromatic heterocycles. The molecule has 2 amide bonds. The Labute approximate surface area is 188 Å². The molecule has 0 radical (unpaired) electrons. The molecule has 3 heterocycles. The maximum absolute atomic E-state index is 13.2. The van der Waals surface area contributed by atoms with Crippen molar-refractivity contribution in [1.82, 2.24) is 9.55 Å². The largest absolute Gasteiger partial charge is 0.323 e. The van der Waals surface area contributed by atoms with Crippen LogP contribution in [0.4, 0.5) is 11.4 Å².